The van der Waals surface area contributed by atoms with Crippen molar-refractivity contribution in [3.05, 3.63) is 78.9 Å². The summed E-state index contributed by atoms with van der Waals surface area (Å²) in [5.41, 5.74) is 3.74. The van der Waals surface area contributed by atoms with Crippen molar-refractivity contribution in [3.8, 4) is 11.1 Å². The molecule has 0 saturated heterocycles. The van der Waals surface area contributed by atoms with Crippen LogP contribution in [-0.4, -0.2) is 7.05 Å². The number of anilines is 1. The summed E-state index contributed by atoms with van der Waals surface area (Å²) in [5.74, 6) is 0. The van der Waals surface area contributed by atoms with E-state index >= 15 is 0 Å². The first kappa shape index (κ1) is 14.5. The molecule has 0 aliphatic rings. The van der Waals surface area contributed by atoms with Crippen molar-refractivity contribution in [2.24, 2.45) is 0 Å². The molecule has 5 aromatic rings. The zero-order valence-electron chi connectivity index (χ0n) is 13.9. The van der Waals surface area contributed by atoms with Crippen molar-refractivity contribution in [1.29, 1.82) is 0 Å². The van der Waals surface area contributed by atoms with Gasteiger partial charge in [-0.2, -0.15) is 0 Å². The molecule has 5 rings (SSSR count). The van der Waals surface area contributed by atoms with Crippen LogP contribution in [0.1, 0.15) is 0 Å². The van der Waals surface area contributed by atoms with Gasteiger partial charge in [0.15, 0.2) is 0 Å². The van der Waals surface area contributed by atoms with E-state index in [9.17, 15) is 0 Å². The lowest BCUT2D eigenvalue weighted by Gasteiger charge is -2.12. The molecule has 0 fully saturated rings. The van der Waals surface area contributed by atoms with Crippen molar-refractivity contribution in [1.82, 2.24) is 0 Å². The molecule has 0 amide bonds. The van der Waals surface area contributed by atoms with Crippen LogP contribution < -0.4 is 5.32 Å². The van der Waals surface area contributed by atoms with Crippen molar-refractivity contribution >= 4 is 48.0 Å². The Kier molecular flexibility index (Phi) is 3.25. The van der Waals surface area contributed by atoms with E-state index in [0.29, 0.717) is 0 Å². The molecular weight excluding hydrogens is 322 g/mol. The fourth-order valence-electron chi connectivity index (χ4n) is 3.63. The van der Waals surface area contributed by atoms with Gasteiger partial charge in [0.05, 0.1) is 0 Å². The zero-order chi connectivity index (χ0) is 16.8. The maximum Gasteiger partial charge on any atom is 0.0454 e. The fraction of sp³-hybridized carbons (Fsp3) is 0.0435. The van der Waals surface area contributed by atoms with Gasteiger partial charge in [0, 0.05) is 38.5 Å². The first-order valence-corrected chi connectivity index (χ1v) is 9.28. The van der Waals surface area contributed by atoms with Gasteiger partial charge < -0.3 is 5.32 Å². The van der Waals surface area contributed by atoms with E-state index in [0.717, 1.165) is 0 Å². The molecule has 0 radical (unpaired) electrons. The van der Waals surface area contributed by atoms with Gasteiger partial charge in [0.2, 0.25) is 0 Å². The van der Waals surface area contributed by atoms with Crippen LogP contribution >= 0.6 is 11.3 Å². The third-order valence-electron chi connectivity index (χ3n) is 4.85. The second-order valence-electron chi connectivity index (χ2n) is 6.27. The molecule has 0 aliphatic heterocycles. The van der Waals surface area contributed by atoms with Crippen LogP contribution in [0.4, 0.5) is 5.69 Å². The van der Waals surface area contributed by atoms with Gasteiger partial charge in [-0.3, -0.25) is 0 Å². The molecule has 0 saturated carbocycles. The molecule has 0 spiro atoms. The Balaban J connectivity index is 1.88. The topological polar surface area (TPSA) is 12.0 Å². The van der Waals surface area contributed by atoms with Crippen LogP contribution in [0.15, 0.2) is 78.9 Å². The maximum atomic E-state index is 3.39. The summed E-state index contributed by atoms with van der Waals surface area (Å²) in [6.07, 6.45) is 0. The van der Waals surface area contributed by atoms with E-state index in [-0.39, 0.29) is 0 Å². The summed E-state index contributed by atoms with van der Waals surface area (Å²) in [7, 11) is 2.00. The molecule has 0 unspecified atom stereocenters. The number of nitrogens with one attached hydrogen (secondary N) is 1. The lowest BCUT2D eigenvalue weighted by Crippen LogP contribution is -1.92. The molecule has 4 aromatic carbocycles. The highest BCUT2D eigenvalue weighted by Gasteiger charge is 2.14. The van der Waals surface area contributed by atoms with E-state index in [2.05, 4.69) is 84.2 Å². The minimum absolute atomic E-state index is 1.18. The van der Waals surface area contributed by atoms with Gasteiger partial charge in [-0.1, -0.05) is 60.7 Å². The number of benzene rings is 4. The highest BCUT2D eigenvalue weighted by molar-refractivity contribution is 7.26. The maximum absolute atomic E-state index is 3.39. The molecule has 1 aromatic heterocycles. The highest BCUT2D eigenvalue weighted by atomic mass is 32.1. The first-order chi connectivity index (χ1) is 12.3. The van der Waals surface area contributed by atoms with Crippen LogP contribution in [0.3, 0.4) is 0 Å². The van der Waals surface area contributed by atoms with E-state index in [1.54, 1.807) is 0 Å². The van der Waals surface area contributed by atoms with Crippen molar-refractivity contribution in [2.75, 3.05) is 12.4 Å². The summed E-state index contributed by atoms with van der Waals surface area (Å²) < 4.78 is 2.69. The van der Waals surface area contributed by atoms with Gasteiger partial charge in [-0.25, -0.2) is 0 Å². The standard InChI is InChI=1S/C23H17NS/c1-24-20-13-12-19-18-8-4-5-9-21(18)25-23(19)22(20)17-11-10-15-6-2-3-7-16(15)14-17/h2-14,24H,1H3. The van der Waals surface area contributed by atoms with E-state index in [1.807, 2.05) is 18.4 Å². The molecule has 0 bridgehead atoms. The van der Waals surface area contributed by atoms with Crippen molar-refractivity contribution in [3.63, 3.8) is 0 Å². The minimum Gasteiger partial charge on any atom is -0.388 e. The smallest absolute Gasteiger partial charge is 0.0454 e. The Morgan fingerprint density at radius 1 is 0.720 bits per heavy atom. The SMILES string of the molecule is CNc1ccc2c(sc3ccccc32)c1-c1ccc2ccccc2c1. The van der Waals surface area contributed by atoms with Gasteiger partial charge in [-0.05, 0) is 34.5 Å². The molecule has 120 valence electrons. The normalized spacial score (nSPS) is 11.4. The van der Waals surface area contributed by atoms with Gasteiger partial charge in [0.1, 0.15) is 0 Å². The molecule has 25 heavy (non-hydrogen) atoms. The Labute approximate surface area is 150 Å². The lowest BCUT2D eigenvalue weighted by molar-refractivity contribution is 1.53. The Morgan fingerprint density at radius 3 is 2.40 bits per heavy atom. The Morgan fingerprint density at radius 2 is 1.52 bits per heavy atom. The van der Waals surface area contributed by atoms with Gasteiger partial charge in [-0.15, -0.1) is 11.3 Å². The van der Waals surface area contributed by atoms with Crippen LogP contribution in [0.2, 0.25) is 0 Å². The number of hydrogen-bond acceptors (Lipinski definition) is 2. The molecule has 1 N–H and O–H groups in total. The molecular formula is C23H17NS. The predicted octanol–water partition coefficient (Wildman–Crippen LogP) is 6.92. The third-order valence-corrected chi connectivity index (χ3v) is 6.06. The number of fused-ring (bicyclic) bond motifs is 4. The van der Waals surface area contributed by atoms with E-state index < -0.39 is 0 Å². The van der Waals surface area contributed by atoms with Crippen molar-refractivity contribution < 1.29 is 0 Å². The van der Waals surface area contributed by atoms with Crippen LogP contribution in [-0.2, 0) is 0 Å². The molecule has 1 nitrogen and oxygen atoms in total. The Bertz CT molecular complexity index is 1230. The third kappa shape index (κ3) is 2.22. The van der Waals surface area contributed by atoms with Gasteiger partial charge >= 0.3 is 0 Å². The first-order valence-electron chi connectivity index (χ1n) is 8.46. The second kappa shape index (κ2) is 5.61. The lowest BCUT2D eigenvalue weighted by atomic mass is 9.98. The number of hydrogen-bond donors (Lipinski definition) is 1. The highest BCUT2D eigenvalue weighted by Crippen LogP contribution is 2.43. The summed E-state index contributed by atoms with van der Waals surface area (Å²) in [6, 6.07) is 28.4. The van der Waals surface area contributed by atoms with Crippen LogP contribution in [0, 0.1) is 0 Å². The molecule has 2 heteroatoms. The molecule has 0 atom stereocenters. The fourth-order valence-corrected chi connectivity index (χ4v) is 4.90. The van der Waals surface area contributed by atoms with E-state index in [1.165, 1.54) is 47.8 Å². The average molecular weight is 339 g/mol. The molecule has 0 aliphatic carbocycles. The minimum atomic E-state index is 1.18. The number of rotatable bonds is 2. The van der Waals surface area contributed by atoms with Gasteiger partial charge in [0.25, 0.3) is 0 Å². The zero-order valence-corrected chi connectivity index (χ0v) is 14.7. The average Bonchev–Trinajstić information content (AvgIpc) is 3.05. The number of thiophene rings is 1. The quantitative estimate of drug-likeness (QED) is 0.368. The molecule has 1 heterocycles. The van der Waals surface area contributed by atoms with Crippen molar-refractivity contribution in [2.45, 2.75) is 0 Å². The van der Waals surface area contributed by atoms with E-state index in [4.69, 9.17) is 0 Å². The summed E-state index contributed by atoms with van der Waals surface area (Å²) in [4.78, 5) is 0. The largest absolute Gasteiger partial charge is 0.388 e. The van der Waals surface area contributed by atoms with Crippen LogP contribution in [0.25, 0.3) is 42.1 Å². The summed E-state index contributed by atoms with van der Waals surface area (Å²) >= 11 is 1.88. The Hall–Kier alpha value is -2.84. The summed E-state index contributed by atoms with van der Waals surface area (Å²) in [6.45, 7) is 0. The second-order valence-corrected chi connectivity index (χ2v) is 7.33. The monoisotopic (exact) mass is 339 g/mol. The summed E-state index contributed by atoms with van der Waals surface area (Å²) in [5, 5.41) is 8.62. The predicted molar refractivity (Wildman–Crippen MR) is 112 cm³/mol. The van der Waals surface area contributed by atoms with Crippen LogP contribution in [0.5, 0.6) is 0 Å².